The van der Waals surface area contributed by atoms with Crippen LogP contribution in [0.25, 0.3) is 16.9 Å². The first-order valence-electron chi connectivity index (χ1n) is 18.4. The van der Waals surface area contributed by atoms with E-state index in [2.05, 4.69) is 29.3 Å². The van der Waals surface area contributed by atoms with E-state index in [0.717, 1.165) is 44.2 Å². The lowest BCUT2D eigenvalue weighted by Gasteiger charge is -2.48. The van der Waals surface area contributed by atoms with Crippen LogP contribution in [0, 0.1) is 29.9 Å². The van der Waals surface area contributed by atoms with Crippen molar-refractivity contribution in [2.24, 2.45) is 23.5 Å². The molecule has 4 unspecified atom stereocenters. The summed E-state index contributed by atoms with van der Waals surface area (Å²) in [5.74, 6) is -1.05. The van der Waals surface area contributed by atoms with Crippen LogP contribution in [0.3, 0.4) is 0 Å². The number of carbonyl (C=O) groups excluding carboxylic acids is 2. The molecule has 0 radical (unpaired) electrons. The number of hydrogen-bond donors (Lipinski definition) is 4. The zero-order valence-electron chi connectivity index (χ0n) is 31.4. The Morgan fingerprint density at radius 1 is 1.12 bits per heavy atom. The van der Waals surface area contributed by atoms with E-state index < -0.39 is 17.4 Å². The first-order valence-corrected chi connectivity index (χ1v) is 18.4. The Hall–Kier alpha value is -4.60. The van der Waals surface area contributed by atoms with Gasteiger partial charge in [-0.2, -0.15) is 5.10 Å². The van der Waals surface area contributed by atoms with Gasteiger partial charge in [0.2, 0.25) is 0 Å². The minimum Gasteiger partial charge on any atom is -0.507 e. The molecular formula is C40H54N6O6. The Kier molecular flexibility index (Phi) is 12.2. The van der Waals surface area contributed by atoms with Crippen LogP contribution in [0.15, 0.2) is 30.3 Å². The van der Waals surface area contributed by atoms with Crippen LogP contribution in [-0.2, 0) is 4.79 Å². The maximum atomic E-state index is 14.2. The summed E-state index contributed by atoms with van der Waals surface area (Å²) in [7, 11) is 5.48. The Morgan fingerprint density at radius 2 is 1.87 bits per heavy atom. The molecule has 2 aliphatic carbocycles. The van der Waals surface area contributed by atoms with Crippen molar-refractivity contribution in [3.05, 3.63) is 59.3 Å². The van der Waals surface area contributed by atoms with E-state index in [9.17, 15) is 24.6 Å². The first-order chi connectivity index (χ1) is 24.8. The molecule has 2 bridgehead atoms. The molecule has 2 aliphatic rings. The third-order valence-corrected chi connectivity index (χ3v) is 10.7. The summed E-state index contributed by atoms with van der Waals surface area (Å²) in [5.41, 5.74) is 6.50. The number of carbonyl (C=O) groups is 3. The topological polar surface area (TPSA) is 163 Å². The third kappa shape index (κ3) is 8.06. The number of ether oxygens (including phenoxy) is 1. The number of aromatic hydroxyl groups is 1. The number of amides is 2. The lowest BCUT2D eigenvalue weighted by atomic mass is 9.60. The van der Waals surface area contributed by atoms with Crippen LogP contribution in [0.4, 0.5) is 0 Å². The molecule has 12 nitrogen and oxygen atoms in total. The molecule has 5 rings (SSSR count). The smallest absolute Gasteiger partial charge is 0.329 e. The van der Waals surface area contributed by atoms with Crippen molar-refractivity contribution in [1.29, 1.82) is 0 Å². The number of aromatic nitrogens is 2. The van der Waals surface area contributed by atoms with E-state index in [1.54, 1.807) is 23.1 Å². The molecular weight excluding hydrogens is 660 g/mol. The maximum Gasteiger partial charge on any atom is 0.329 e. The summed E-state index contributed by atoms with van der Waals surface area (Å²) in [6, 6.07) is 14.4. The van der Waals surface area contributed by atoms with Crippen molar-refractivity contribution in [2.75, 3.05) is 47.4 Å². The fraction of sp³-hybridized carbons (Fsp3) is 0.550. The first kappa shape index (κ1) is 38.6. The molecule has 2 fully saturated rings. The van der Waals surface area contributed by atoms with Gasteiger partial charge in [-0.15, -0.1) is 0 Å². The van der Waals surface area contributed by atoms with Gasteiger partial charge in [0.1, 0.15) is 22.7 Å². The molecule has 1 heterocycles. The van der Waals surface area contributed by atoms with Crippen molar-refractivity contribution < 1.29 is 29.3 Å². The van der Waals surface area contributed by atoms with Crippen molar-refractivity contribution in [3.8, 4) is 28.4 Å². The largest absolute Gasteiger partial charge is 0.507 e. The molecule has 0 saturated heterocycles. The van der Waals surface area contributed by atoms with Crippen LogP contribution in [0.2, 0.25) is 0 Å². The maximum absolute atomic E-state index is 14.2. The monoisotopic (exact) mass is 714 g/mol. The highest BCUT2D eigenvalue weighted by Gasteiger charge is 2.53. The summed E-state index contributed by atoms with van der Waals surface area (Å²) < 4.78 is 7.14. The molecule has 0 aliphatic heterocycles. The number of fused-ring (bicyclic) bond motifs is 2. The lowest BCUT2D eigenvalue weighted by Crippen LogP contribution is -2.62. The van der Waals surface area contributed by atoms with Crippen molar-refractivity contribution in [2.45, 2.75) is 77.2 Å². The Morgan fingerprint density at radius 3 is 2.54 bits per heavy atom. The lowest BCUT2D eigenvalue weighted by molar-refractivity contribution is -0.151. The van der Waals surface area contributed by atoms with E-state index in [1.807, 2.05) is 27.9 Å². The molecule has 3 aromatic rings. The number of hydrogen-bond acceptors (Lipinski definition) is 8. The number of carboxylic acid groups (broad SMARTS) is 1. The molecule has 4 atom stereocenters. The number of aliphatic carboxylic acids is 1. The standard InChI is InChI=1S/C40H54N6O6/c1-25(2)30-23-28(38(49)45(18-8-16-41)19-9-17-44(4)5)12-13-32(30)46-33(36-34(47)10-7-11-35(36)52-6)24-31(43-46)37(48)42-40(39(50)51)15-14-27-20-26(3)21-29(40)22-27/h7,10-11,23-27,29,47H,8-9,14-22,41H2,1-6H3,(H,42,48)(H,50,51). The Labute approximate surface area is 307 Å². The fourth-order valence-corrected chi connectivity index (χ4v) is 8.11. The summed E-state index contributed by atoms with van der Waals surface area (Å²) in [5, 5.41) is 29.4. The molecule has 280 valence electrons. The molecule has 5 N–H and O–H groups in total. The number of nitrogens with one attached hydrogen (secondary N) is 1. The van der Waals surface area contributed by atoms with Gasteiger partial charge in [0.15, 0.2) is 5.69 Å². The zero-order valence-corrected chi connectivity index (χ0v) is 31.4. The van der Waals surface area contributed by atoms with Gasteiger partial charge in [-0.1, -0.05) is 32.9 Å². The van der Waals surface area contributed by atoms with E-state index in [0.29, 0.717) is 72.6 Å². The van der Waals surface area contributed by atoms with Crippen molar-refractivity contribution >= 4 is 17.8 Å². The molecule has 52 heavy (non-hydrogen) atoms. The van der Waals surface area contributed by atoms with Crippen LogP contribution < -0.4 is 15.8 Å². The second-order valence-corrected chi connectivity index (χ2v) is 15.2. The minimum atomic E-state index is -1.41. The van der Waals surface area contributed by atoms with Gasteiger partial charge >= 0.3 is 5.97 Å². The minimum absolute atomic E-state index is 0.0241. The van der Waals surface area contributed by atoms with Gasteiger partial charge < -0.3 is 35.8 Å². The second-order valence-electron chi connectivity index (χ2n) is 15.2. The van der Waals surface area contributed by atoms with E-state index in [-0.39, 0.29) is 29.2 Å². The van der Waals surface area contributed by atoms with Gasteiger partial charge in [0.25, 0.3) is 11.8 Å². The highest BCUT2D eigenvalue weighted by atomic mass is 16.5. The van der Waals surface area contributed by atoms with Gasteiger partial charge in [0, 0.05) is 13.1 Å². The number of phenolic OH excluding ortho intramolecular Hbond substituents is 1. The van der Waals surface area contributed by atoms with Crippen LogP contribution in [0.5, 0.6) is 11.5 Å². The number of carboxylic acids is 1. The number of methoxy groups -OCH3 is 1. The number of benzene rings is 1. The molecule has 2 saturated carbocycles. The zero-order chi connectivity index (χ0) is 37.7. The highest BCUT2D eigenvalue weighted by molar-refractivity contribution is 5.98. The SMILES string of the molecule is COc1cccc(O)c1-c1cc(C(=O)NC2(C(=O)O)CCC3CC(C)CC2C3)nn1-c1c#cc(C(=O)N(CCCN)CCCN(C)C)cc1C(C)C. The highest BCUT2D eigenvalue weighted by Crippen LogP contribution is 2.48. The molecule has 2 aromatic carbocycles. The normalized spacial score (nSPS) is 21.1. The molecule has 1 aromatic heterocycles. The summed E-state index contributed by atoms with van der Waals surface area (Å²) in [6.45, 7) is 8.50. The average molecular weight is 715 g/mol. The van der Waals surface area contributed by atoms with Crippen LogP contribution in [0.1, 0.15) is 98.0 Å². The van der Waals surface area contributed by atoms with E-state index in [4.69, 9.17) is 15.6 Å². The number of phenols is 1. The van der Waals surface area contributed by atoms with Gasteiger partial charge in [-0.3, -0.25) is 9.59 Å². The van der Waals surface area contributed by atoms with Crippen LogP contribution >= 0.6 is 0 Å². The van der Waals surface area contributed by atoms with Crippen molar-refractivity contribution in [1.82, 2.24) is 24.9 Å². The number of nitrogens with two attached hydrogens (primary N) is 1. The molecule has 0 spiro atoms. The van der Waals surface area contributed by atoms with E-state index in [1.165, 1.54) is 23.9 Å². The molecule has 2 amide bonds. The third-order valence-electron chi connectivity index (χ3n) is 10.7. The summed E-state index contributed by atoms with van der Waals surface area (Å²) in [6.07, 6.45) is 5.12. The van der Waals surface area contributed by atoms with Crippen LogP contribution in [-0.4, -0.2) is 101 Å². The summed E-state index contributed by atoms with van der Waals surface area (Å²) in [4.78, 5) is 44.9. The Balaban J connectivity index is 1.58. The number of nitrogens with zero attached hydrogens (tertiary/aromatic N) is 4. The predicted octanol–water partition coefficient (Wildman–Crippen LogP) is 5.12. The fourth-order valence-electron chi connectivity index (χ4n) is 8.11. The van der Waals surface area contributed by atoms with Gasteiger partial charge in [0.05, 0.1) is 23.9 Å². The second kappa shape index (κ2) is 16.4. The molecule has 12 heteroatoms. The predicted molar refractivity (Wildman–Crippen MR) is 199 cm³/mol. The van der Waals surface area contributed by atoms with E-state index >= 15 is 0 Å². The van der Waals surface area contributed by atoms with Gasteiger partial charge in [-0.05, 0) is 132 Å². The number of rotatable bonds is 15. The van der Waals surface area contributed by atoms with Crippen molar-refractivity contribution in [3.63, 3.8) is 0 Å². The Bertz CT molecular complexity index is 1750. The quantitative estimate of drug-likeness (QED) is 0.167. The van der Waals surface area contributed by atoms with Gasteiger partial charge in [-0.25, -0.2) is 9.48 Å². The summed E-state index contributed by atoms with van der Waals surface area (Å²) >= 11 is 0. The average Bonchev–Trinajstić information content (AvgIpc) is 3.54.